The Morgan fingerprint density at radius 2 is 2.00 bits per heavy atom. The van der Waals surface area contributed by atoms with Gasteiger partial charge in [0.05, 0.1) is 12.7 Å². The first-order valence-corrected chi connectivity index (χ1v) is 6.70. The smallest absolute Gasteiger partial charge is 0.119 e. The quantitative estimate of drug-likeness (QED) is 0.791. The van der Waals surface area contributed by atoms with Gasteiger partial charge in [-0.05, 0) is 43.7 Å². The molecule has 1 aliphatic rings. The van der Waals surface area contributed by atoms with Crippen molar-refractivity contribution in [2.45, 2.75) is 44.6 Å². The lowest BCUT2D eigenvalue weighted by atomic mass is 9.84. The average molecular weight is 234 g/mol. The molecule has 0 heterocycles. The molecule has 2 nitrogen and oxygen atoms in total. The van der Waals surface area contributed by atoms with Gasteiger partial charge in [0, 0.05) is 0 Å². The Labute approximate surface area is 104 Å². The normalized spacial score (nSPS) is 24.5. The Hall–Kier alpha value is -1.02. The summed E-state index contributed by atoms with van der Waals surface area (Å²) >= 11 is 0. The summed E-state index contributed by atoms with van der Waals surface area (Å²) in [6, 6.07) is 9.96. The summed E-state index contributed by atoms with van der Waals surface area (Å²) in [6.07, 6.45) is 6.68. The zero-order valence-electron chi connectivity index (χ0n) is 10.3. The van der Waals surface area contributed by atoms with Crippen molar-refractivity contribution in [2.75, 3.05) is 6.61 Å². The van der Waals surface area contributed by atoms with Crippen molar-refractivity contribution in [3.8, 4) is 5.75 Å². The number of ether oxygens (including phenoxy) is 1. The van der Waals surface area contributed by atoms with Crippen LogP contribution in [0.1, 0.15) is 38.5 Å². The van der Waals surface area contributed by atoms with Gasteiger partial charge in [-0.1, -0.05) is 31.0 Å². The van der Waals surface area contributed by atoms with E-state index in [0.717, 1.165) is 31.6 Å². The van der Waals surface area contributed by atoms with E-state index in [2.05, 4.69) is 0 Å². The first-order valence-electron chi connectivity index (χ1n) is 6.70. The third kappa shape index (κ3) is 4.39. The van der Waals surface area contributed by atoms with Crippen LogP contribution in [-0.4, -0.2) is 17.8 Å². The van der Waals surface area contributed by atoms with E-state index >= 15 is 0 Å². The maximum atomic E-state index is 9.58. The van der Waals surface area contributed by atoms with Gasteiger partial charge >= 0.3 is 0 Å². The van der Waals surface area contributed by atoms with Gasteiger partial charge in [0.2, 0.25) is 0 Å². The highest BCUT2D eigenvalue weighted by Gasteiger charge is 2.19. The second-order valence-electron chi connectivity index (χ2n) is 4.99. The summed E-state index contributed by atoms with van der Waals surface area (Å²) in [7, 11) is 0. The highest BCUT2D eigenvalue weighted by molar-refractivity contribution is 5.20. The molecule has 1 aromatic rings. The Bertz CT molecular complexity index is 310. The molecule has 0 spiro atoms. The number of benzene rings is 1. The Kier molecular flexibility index (Phi) is 4.87. The van der Waals surface area contributed by atoms with E-state index < -0.39 is 0 Å². The number of hydrogen-bond donors (Lipinski definition) is 1. The van der Waals surface area contributed by atoms with Crippen LogP contribution in [-0.2, 0) is 0 Å². The summed E-state index contributed by atoms with van der Waals surface area (Å²) in [5, 5.41) is 9.58. The molecular weight excluding hydrogens is 212 g/mol. The molecule has 0 saturated heterocycles. The zero-order valence-corrected chi connectivity index (χ0v) is 10.3. The van der Waals surface area contributed by atoms with E-state index in [1.807, 2.05) is 30.3 Å². The van der Waals surface area contributed by atoms with Gasteiger partial charge in [-0.3, -0.25) is 0 Å². The highest BCUT2D eigenvalue weighted by atomic mass is 16.5. The molecule has 17 heavy (non-hydrogen) atoms. The molecule has 2 atom stereocenters. The summed E-state index contributed by atoms with van der Waals surface area (Å²) in [5.74, 6) is 1.66. The van der Waals surface area contributed by atoms with E-state index in [4.69, 9.17) is 4.74 Å². The predicted molar refractivity (Wildman–Crippen MR) is 69.1 cm³/mol. The Morgan fingerprint density at radius 1 is 1.18 bits per heavy atom. The minimum absolute atomic E-state index is 0.0520. The molecule has 2 heteroatoms. The zero-order chi connectivity index (χ0) is 11.9. The molecule has 0 aliphatic heterocycles. The standard InChI is InChI=1S/C15H22O2/c16-14-8-4-6-13(12-14)7-5-11-17-15-9-2-1-3-10-15/h1-3,9-10,13-14,16H,4-8,11-12H2. The van der Waals surface area contributed by atoms with Gasteiger partial charge < -0.3 is 9.84 Å². The molecule has 94 valence electrons. The number of aliphatic hydroxyl groups is 1. The average Bonchev–Trinajstić information content (AvgIpc) is 2.36. The van der Waals surface area contributed by atoms with E-state index in [0.29, 0.717) is 5.92 Å². The largest absolute Gasteiger partial charge is 0.494 e. The monoisotopic (exact) mass is 234 g/mol. The summed E-state index contributed by atoms with van der Waals surface area (Å²) in [4.78, 5) is 0. The number of para-hydroxylation sites is 1. The first-order chi connectivity index (χ1) is 8.34. The van der Waals surface area contributed by atoms with Gasteiger partial charge in [0.1, 0.15) is 5.75 Å². The van der Waals surface area contributed by atoms with Crippen LogP contribution < -0.4 is 4.74 Å². The number of aliphatic hydroxyl groups excluding tert-OH is 1. The second kappa shape index (κ2) is 6.65. The number of hydrogen-bond acceptors (Lipinski definition) is 2. The third-order valence-corrected chi connectivity index (χ3v) is 3.52. The Balaban J connectivity index is 1.60. The minimum Gasteiger partial charge on any atom is -0.494 e. The third-order valence-electron chi connectivity index (χ3n) is 3.52. The van der Waals surface area contributed by atoms with E-state index in [1.165, 1.54) is 19.3 Å². The number of rotatable bonds is 5. The van der Waals surface area contributed by atoms with Crippen molar-refractivity contribution in [3.63, 3.8) is 0 Å². The molecule has 0 amide bonds. The van der Waals surface area contributed by atoms with Crippen LogP contribution >= 0.6 is 0 Å². The van der Waals surface area contributed by atoms with Crippen molar-refractivity contribution >= 4 is 0 Å². The Morgan fingerprint density at radius 3 is 2.76 bits per heavy atom. The fourth-order valence-electron chi connectivity index (χ4n) is 2.60. The molecule has 0 aromatic heterocycles. The minimum atomic E-state index is -0.0520. The van der Waals surface area contributed by atoms with Crippen molar-refractivity contribution in [1.82, 2.24) is 0 Å². The first kappa shape index (κ1) is 12.4. The van der Waals surface area contributed by atoms with Crippen LogP contribution in [0, 0.1) is 5.92 Å². The van der Waals surface area contributed by atoms with Crippen molar-refractivity contribution in [2.24, 2.45) is 5.92 Å². The molecule has 1 fully saturated rings. The van der Waals surface area contributed by atoms with Gasteiger partial charge in [-0.2, -0.15) is 0 Å². The van der Waals surface area contributed by atoms with Crippen molar-refractivity contribution in [3.05, 3.63) is 30.3 Å². The van der Waals surface area contributed by atoms with Crippen LogP contribution in [0.15, 0.2) is 30.3 Å². The maximum absolute atomic E-state index is 9.58. The molecule has 0 radical (unpaired) electrons. The van der Waals surface area contributed by atoms with Gasteiger partial charge in [0.15, 0.2) is 0 Å². The van der Waals surface area contributed by atoms with Crippen LogP contribution in [0.5, 0.6) is 5.75 Å². The fourth-order valence-corrected chi connectivity index (χ4v) is 2.60. The second-order valence-corrected chi connectivity index (χ2v) is 4.99. The molecule has 1 N–H and O–H groups in total. The lowest BCUT2D eigenvalue weighted by molar-refractivity contribution is 0.0959. The van der Waals surface area contributed by atoms with E-state index in [-0.39, 0.29) is 6.10 Å². The van der Waals surface area contributed by atoms with E-state index in [9.17, 15) is 5.11 Å². The molecule has 2 rings (SSSR count). The van der Waals surface area contributed by atoms with Gasteiger partial charge in [0.25, 0.3) is 0 Å². The van der Waals surface area contributed by atoms with Crippen LogP contribution in [0.25, 0.3) is 0 Å². The fraction of sp³-hybridized carbons (Fsp3) is 0.600. The van der Waals surface area contributed by atoms with Crippen molar-refractivity contribution in [1.29, 1.82) is 0 Å². The van der Waals surface area contributed by atoms with Crippen LogP contribution in [0.4, 0.5) is 0 Å². The molecule has 2 unspecified atom stereocenters. The highest BCUT2D eigenvalue weighted by Crippen LogP contribution is 2.27. The predicted octanol–water partition coefficient (Wildman–Crippen LogP) is 3.40. The maximum Gasteiger partial charge on any atom is 0.119 e. The van der Waals surface area contributed by atoms with Crippen LogP contribution in [0.3, 0.4) is 0 Å². The SMILES string of the molecule is OC1CCCC(CCCOc2ccccc2)C1. The van der Waals surface area contributed by atoms with Gasteiger partial charge in [-0.15, -0.1) is 0 Å². The molecule has 0 bridgehead atoms. The van der Waals surface area contributed by atoms with Crippen molar-refractivity contribution < 1.29 is 9.84 Å². The topological polar surface area (TPSA) is 29.5 Å². The molecule has 1 aromatic carbocycles. The molecular formula is C15H22O2. The summed E-state index contributed by atoms with van der Waals surface area (Å²) < 4.78 is 5.66. The molecule has 1 saturated carbocycles. The summed E-state index contributed by atoms with van der Waals surface area (Å²) in [6.45, 7) is 0.788. The lowest BCUT2D eigenvalue weighted by Crippen LogP contribution is -2.19. The summed E-state index contributed by atoms with van der Waals surface area (Å²) in [5.41, 5.74) is 0. The molecule has 1 aliphatic carbocycles. The lowest BCUT2D eigenvalue weighted by Gasteiger charge is -2.25. The van der Waals surface area contributed by atoms with Crippen LogP contribution in [0.2, 0.25) is 0 Å². The van der Waals surface area contributed by atoms with Gasteiger partial charge in [-0.25, -0.2) is 0 Å². The van der Waals surface area contributed by atoms with E-state index in [1.54, 1.807) is 0 Å².